The Morgan fingerprint density at radius 2 is 1.72 bits per heavy atom. The number of methoxy groups -OCH3 is 2. The van der Waals surface area contributed by atoms with Crippen LogP contribution in [0.5, 0.6) is 23.0 Å². The Bertz CT molecular complexity index is 1250. The van der Waals surface area contributed by atoms with Gasteiger partial charge in [-0.1, -0.05) is 0 Å². The topological polar surface area (TPSA) is 69.7 Å². The molecule has 3 aromatic carbocycles. The van der Waals surface area contributed by atoms with Crippen molar-refractivity contribution in [3.63, 3.8) is 0 Å². The first kappa shape index (κ1) is 19.5. The van der Waals surface area contributed by atoms with E-state index >= 15 is 0 Å². The van der Waals surface area contributed by atoms with Gasteiger partial charge in [0, 0.05) is 37.0 Å². The second-order valence-corrected chi connectivity index (χ2v) is 8.14. The Morgan fingerprint density at radius 1 is 0.938 bits per heavy atom. The van der Waals surface area contributed by atoms with E-state index < -0.39 is 0 Å². The molecule has 0 spiro atoms. The number of benzene rings is 3. The number of anilines is 1. The summed E-state index contributed by atoms with van der Waals surface area (Å²) in [6.07, 6.45) is 0. The molecule has 0 aromatic heterocycles. The first-order valence-electron chi connectivity index (χ1n) is 10.8. The predicted molar refractivity (Wildman–Crippen MR) is 120 cm³/mol. The summed E-state index contributed by atoms with van der Waals surface area (Å²) in [6.45, 7) is 4.82. The smallest absolute Gasteiger partial charge is 0.259 e. The van der Waals surface area contributed by atoms with E-state index in [0.29, 0.717) is 35.1 Å². The van der Waals surface area contributed by atoms with Gasteiger partial charge in [-0.05, 0) is 35.0 Å². The molecular weight excluding hydrogens is 412 g/mol. The molecular formula is C24H24N2O6. The van der Waals surface area contributed by atoms with Crippen LogP contribution in [0.3, 0.4) is 0 Å². The molecule has 1 amide bonds. The molecule has 166 valence electrons. The van der Waals surface area contributed by atoms with Gasteiger partial charge in [0.05, 0.1) is 38.7 Å². The molecule has 0 radical (unpaired) electrons. The molecule has 3 heterocycles. The SMILES string of the molecule is COc1cc2c3c(cc4cc5c(cc4c3c1OC)OCO5)N(CCN1CCOCC1)C2=O. The first-order chi connectivity index (χ1) is 15.7. The van der Waals surface area contributed by atoms with Crippen molar-refractivity contribution in [2.75, 3.05) is 65.3 Å². The molecule has 0 bridgehead atoms. The molecule has 32 heavy (non-hydrogen) atoms. The van der Waals surface area contributed by atoms with Gasteiger partial charge < -0.3 is 28.6 Å². The Morgan fingerprint density at radius 3 is 2.47 bits per heavy atom. The van der Waals surface area contributed by atoms with Crippen molar-refractivity contribution < 1.29 is 28.5 Å². The summed E-state index contributed by atoms with van der Waals surface area (Å²) in [5, 5.41) is 3.64. The van der Waals surface area contributed by atoms with Crippen molar-refractivity contribution in [2.45, 2.75) is 0 Å². The third-order valence-electron chi connectivity index (χ3n) is 6.54. The van der Waals surface area contributed by atoms with Crippen molar-refractivity contribution in [2.24, 2.45) is 0 Å². The molecule has 3 aromatic rings. The summed E-state index contributed by atoms with van der Waals surface area (Å²) in [6, 6.07) is 7.79. The number of morpholine rings is 1. The van der Waals surface area contributed by atoms with E-state index in [1.165, 1.54) is 0 Å². The van der Waals surface area contributed by atoms with Crippen LogP contribution in [-0.2, 0) is 4.74 Å². The highest BCUT2D eigenvalue weighted by Gasteiger charge is 2.34. The van der Waals surface area contributed by atoms with Crippen LogP contribution in [0.15, 0.2) is 24.3 Å². The third kappa shape index (κ3) is 2.79. The van der Waals surface area contributed by atoms with Gasteiger partial charge in [0.1, 0.15) is 0 Å². The Balaban J connectivity index is 1.55. The number of carbonyl (C=O) groups is 1. The fourth-order valence-corrected chi connectivity index (χ4v) is 4.96. The van der Waals surface area contributed by atoms with Crippen LogP contribution in [0.25, 0.3) is 21.5 Å². The van der Waals surface area contributed by atoms with Crippen molar-refractivity contribution in [3.05, 3.63) is 29.8 Å². The van der Waals surface area contributed by atoms with Gasteiger partial charge in [0.15, 0.2) is 23.0 Å². The van der Waals surface area contributed by atoms with Gasteiger partial charge in [0.2, 0.25) is 6.79 Å². The van der Waals surface area contributed by atoms with Crippen LogP contribution in [0.2, 0.25) is 0 Å². The minimum Gasteiger partial charge on any atom is -0.493 e. The van der Waals surface area contributed by atoms with E-state index in [0.717, 1.165) is 60.1 Å². The van der Waals surface area contributed by atoms with Gasteiger partial charge in [-0.3, -0.25) is 9.69 Å². The molecule has 8 nitrogen and oxygen atoms in total. The Kier molecular flexibility index (Phi) is 4.51. The Hall–Kier alpha value is -3.23. The van der Waals surface area contributed by atoms with E-state index in [1.54, 1.807) is 20.3 Å². The lowest BCUT2D eigenvalue weighted by Crippen LogP contribution is -2.42. The minimum absolute atomic E-state index is 0.0189. The van der Waals surface area contributed by atoms with Crippen LogP contribution < -0.4 is 23.8 Å². The lowest BCUT2D eigenvalue weighted by atomic mass is 9.96. The van der Waals surface area contributed by atoms with Gasteiger partial charge in [-0.15, -0.1) is 0 Å². The molecule has 0 saturated carbocycles. The summed E-state index contributed by atoms with van der Waals surface area (Å²) >= 11 is 0. The number of ether oxygens (including phenoxy) is 5. The summed E-state index contributed by atoms with van der Waals surface area (Å²) in [7, 11) is 3.21. The number of fused-ring (bicyclic) bond motifs is 3. The van der Waals surface area contributed by atoms with E-state index in [-0.39, 0.29) is 12.7 Å². The normalized spacial score (nSPS) is 17.6. The van der Waals surface area contributed by atoms with Gasteiger partial charge in [0.25, 0.3) is 5.91 Å². The first-order valence-corrected chi connectivity index (χ1v) is 10.8. The lowest BCUT2D eigenvalue weighted by molar-refractivity contribution is 0.0391. The van der Waals surface area contributed by atoms with Crippen LogP contribution in [-0.4, -0.2) is 71.2 Å². The van der Waals surface area contributed by atoms with Crippen molar-refractivity contribution >= 4 is 33.1 Å². The fourth-order valence-electron chi connectivity index (χ4n) is 4.96. The van der Waals surface area contributed by atoms with Crippen molar-refractivity contribution in [3.8, 4) is 23.0 Å². The van der Waals surface area contributed by atoms with Crippen molar-refractivity contribution in [1.29, 1.82) is 0 Å². The maximum Gasteiger partial charge on any atom is 0.259 e. The van der Waals surface area contributed by atoms with E-state index in [4.69, 9.17) is 23.7 Å². The van der Waals surface area contributed by atoms with Crippen LogP contribution in [0.1, 0.15) is 10.4 Å². The van der Waals surface area contributed by atoms with Crippen molar-refractivity contribution in [1.82, 2.24) is 4.90 Å². The minimum atomic E-state index is -0.0189. The maximum atomic E-state index is 13.5. The number of amides is 1. The third-order valence-corrected chi connectivity index (χ3v) is 6.54. The number of carbonyl (C=O) groups excluding carboxylic acids is 1. The predicted octanol–water partition coefficient (Wildman–Crippen LogP) is 3.03. The summed E-state index contributed by atoms with van der Waals surface area (Å²) in [5.41, 5.74) is 1.52. The van der Waals surface area contributed by atoms with Gasteiger partial charge in [-0.25, -0.2) is 0 Å². The maximum absolute atomic E-state index is 13.5. The van der Waals surface area contributed by atoms with Crippen LogP contribution in [0, 0.1) is 0 Å². The molecule has 1 fully saturated rings. The van der Waals surface area contributed by atoms with Gasteiger partial charge >= 0.3 is 0 Å². The molecule has 3 aliphatic heterocycles. The van der Waals surface area contributed by atoms with Gasteiger partial charge in [-0.2, -0.15) is 0 Å². The van der Waals surface area contributed by atoms with Crippen LogP contribution >= 0.6 is 0 Å². The summed E-state index contributed by atoms with van der Waals surface area (Å²) < 4.78 is 28.1. The monoisotopic (exact) mass is 436 g/mol. The molecule has 3 aliphatic rings. The zero-order valence-electron chi connectivity index (χ0n) is 18.1. The number of hydrogen-bond acceptors (Lipinski definition) is 7. The highest BCUT2D eigenvalue weighted by atomic mass is 16.7. The largest absolute Gasteiger partial charge is 0.493 e. The molecule has 8 heteroatoms. The zero-order valence-corrected chi connectivity index (χ0v) is 18.1. The molecule has 0 unspecified atom stereocenters. The molecule has 0 N–H and O–H groups in total. The lowest BCUT2D eigenvalue weighted by Gasteiger charge is -2.28. The molecule has 0 aliphatic carbocycles. The second-order valence-electron chi connectivity index (χ2n) is 8.14. The Labute approximate surface area is 185 Å². The average Bonchev–Trinajstić information content (AvgIpc) is 3.39. The molecule has 1 saturated heterocycles. The van der Waals surface area contributed by atoms with Crippen LogP contribution in [0.4, 0.5) is 5.69 Å². The summed E-state index contributed by atoms with van der Waals surface area (Å²) in [5.74, 6) is 2.52. The molecule has 0 atom stereocenters. The highest BCUT2D eigenvalue weighted by Crippen LogP contribution is 2.51. The number of rotatable bonds is 5. The second kappa shape index (κ2) is 7.43. The molecule has 6 rings (SSSR count). The summed E-state index contributed by atoms with van der Waals surface area (Å²) in [4.78, 5) is 17.7. The fraction of sp³-hybridized carbons (Fsp3) is 0.375. The highest BCUT2D eigenvalue weighted by molar-refractivity contribution is 6.31. The quantitative estimate of drug-likeness (QED) is 0.570. The van der Waals surface area contributed by atoms with E-state index in [9.17, 15) is 4.79 Å². The zero-order chi connectivity index (χ0) is 21.8. The number of hydrogen-bond donors (Lipinski definition) is 0. The number of nitrogens with zero attached hydrogens (tertiary/aromatic N) is 2. The average molecular weight is 436 g/mol. The van der Waals surface area contributed by atoms with E-state index in [2.05, 4.69) is 11.0 Å². The van der Waals surface area contributed by atoms with E-state index in [1.807, 2.05) is 17.0 Å². The standard InChI is InChI=1S/C24H24N2O6/c1-28-20-12-16-21-17(26(24(16)27)4-3-25-5-7-30-8-6-25)9-14-10-18-19(32-13-31-18)11-15(14)22(21)23(20)29-2/h9-12H,3-8,13H2,1-2H3.